The number of carboxylic acid groups (broad SMARTS) is 1. The highest BCUT2D eigenvalue weighted by atomic mass is 19.1. The molecule has 0 aliphatic rings. The Hall–Kier alpha value is -1.38. The molecule has 0 aliphatic carbocycles. The van der Waals surface area contributed by atoms with Gasteiger partial charge < -0.3 is 5.11 Å². The summed E-state index contributed by atoms with van der Waals surface area (Å²) in [4.78, 5) is 10.3. The van der Waals surface area contributed by atoms with E-state index in [2.05, 4.69) is 0 Å². The summed E-state index contributed by atoms with van der Waals surface area (Å²) in [5.41, 5.74) is 1.91. The van der Waals surface area contributed by atoms with Crippen LogP contribution in [0.3, 0.4) is 0 Å². The number of benzene rings is 1. The lowest BCUT2D eigenvalue weighted by Gasteiger charge is -2.04. The molecule has 0 unspecified atom stereocenters. The van der Waals surface area contributed by atoms with Crippen molar-refractivity contribution in [3.8, 4) is 0 Å². The van der Waals surface area contributed by atoms with Crippen LogP contribution >= 0.6 is 0 Å². The molecule has 76 valence electrons. The summed E-state index contributed by atoms with van der Waals surface area (Å²) in [6.07, 6.45) is 1.31. The summed E-state index contributed by atoms with van der Waals surface area (Å²) in [7, 11) is 0. The van der Waals surface area contributed by atoms with Crippen molar-refractivity contribution in [3.63, 3.8) is 0 Å². The van der Waals surface area contributed by atoms with Gasteiger partial charge in [0.15, 0.2) is 0 Å². The molecule has 0 fully saturated rings. The fourth-order valence-electron chi connectivity index (χ4n) is 1.34. The van der Waals surface area contributed by atoms with Crippen LogP contribution in [0.1, 0.15) is 24.0 Å². The first-order valence-corrected chi connectivity index (χ1v) is 4.56. The van der Waals surface area contributed by atoms with E-state index < -0.39 is 5.97 Å². The molecule has 0 amide bonds. The van der Waals surface area contributed by atoms with E-state index >= 15 is 0 Å². The molecule has 0 radical (unpaired) electrons. The number of rotatable bonds is 4. The van der Waals surface area contributed by atoms with Crippen molar-refractivity contribution >= 4 is 5.97 Å². The van der Waals surface area contributed by atoms with Crippen molar-refractivity contribution < 1.29 is 14.3 Å². The largest absolute Gasteiger partial charge is 0.481 e. The van der Waals surface area contributed by atoms with Crippen LogP contribution in [0.25, 0.3) is 0 Å². The average molecular weight is 196 g/mol. The number of carbonyl (C=O) groups is 1. The zero-order valence-corrected chi connectivity index (χ0v) is 8.09. The maximum Gasteiger partial charge on any atom is 0.303 e. The predicted molar refractivity (Wildman–Crippen MR) is 51.7 cm³/mol. The van der Waals surface area contributed by atoms with E-state index in [1.54, 1.807) is 6.07 Å². The van der Waals surface area contributed by atoms with Crippen molar-refractivity contribution in [2.45, 2.75) is 26.2 Å². The summed E-state index contributed by atoms with van der Waals surface area (Å²) < 4.78 is 12.8. The molecule has 0 heterocycles. The number of aliphatic carboxylic acids is 1. The van der Waals surface area contributed by atoms with Crippen LogP contribution in [0.5, 0.6) is 0 Å². The summed E-state index contributed by atoms with van der Waals surface area (Å²) >= 11 is 0. The number of hydrogen-bond donors (Lipinski definition) is 1. The Balaban J connectivity index is 2.57. The minimum atomic E-state index is -0.806. The number of halogens is 1. The van der Waals surface area contributed by atoms with Crippen LogP contribution in [0.2, 0.25) is 0 Å². The molecule has 1 aromatic rings. The zero-order chi connectivity index (χ0) is 10.6. The van der Waals surface area contributed by atoms with Crippen molar-refractivity contribution in [2.24, 2.45) is 0 Å². The molecule has 0 aliphatic heterocycles. The smallest absolute Gasteiger partial charge is 0.303 e. The van der Waals surface area contributed by atoms with Gasteiger partial charge in [0.05, 0.1) is 0 Å². The Labute approximate surface area is 82.4 Å². The van der Waals surface area contributed by atoms with Gasteiger partial charge in [0.2, 0.25) is 0 Å². The molecule has 0 bridgehead atoms. The van der Waals surface area contributed by atoms with E-state index in [1.165, 1.54) is 12.1 Å². The third-order valence-corrected chi connectivity index (χ3v) is 2.15. The molecular weight excluding hydrogens is 183 g/mol. The molecule has 14 heavy (non-hydrogen) atoms. The number of carboxylic acids is 1. The van der Waals surface area contributed by atoms with E-state index in [4.69, 9.17) is 5.11 Å². The van der Waals surface area contributed by atoms with Crippen molar-refractivity contribution in [1.29, 1.82) is 0 Å². The zero-order valence-electron chi connectivity index (χ0n) is 8.09. The van der Waals surface area contributed by atoms with Gasteiger partial charge in [0.25, 0.3) is 0 Å². The van der Waals surface area contributed by atoms with Crippen LogP contribution in [0.4, 0.5) is 4.39 Å². The molecule has 1 N–H and O–H groups in total. The highest BCUT2D eigenvalue weighted by Crippen LogP contribution is 2.13. The average Bonchev–Trinajstić information content (AvgIpc) is 2.10. The Bertz CT molecular complexity index is 334. The minimum absolute atomic E-state index is 0.135. The summed E-state index contributed by atoms with van der Waals surface area (Å²) in [5, 5.41) is 8.44. The van der Waals surface area contributed by atoms with Crippen LogP contribution in [-0.4, -0.2) is 11.1 Å². The SMILES string of the molecule is Cc1ccc(F)cc1CCCC(=O)O. The van der Waals surface area contributed by atoms with E-state index in [1.807, 2.05) is 6.92 Å². The first-order chi connectivity index (χ1) is 6.59. The van der Waals surface area contributed by atoms with Gasteiger partial charge >= 0.3 is 5.97 Å². The normalized spacial score (nSPS) is 10.1. The number of aryl methyl sites for hydroxylation is 2. The molecule has 0 saturated heterocycles. The van der Waals surface area contributed by atoms with Crippen LogP contribution in [0.15, 0.2) is 18.2 Å². The van der Waals surface area contributed by atoms with Crippen molar-refractivity contribution in [3.05, 3.63) is 35.1 Å². The highest BCUT2D eigenvalue weighted by Gasteiger charge is 2.02. The van der Waals surface area contributed by atoms with Crippen LogP contribution < -0.4 is 0 Å². The van der Waals surface area contributed by atoms with Gasteiger partial charge in [-0.05, 0) is 43.0 Å². The molecular formula is C11H13FO2. The molecule has 1 rings (SSSR count). The van der Waals surface area contributed by atoms with E-state index in [0.717, 1.165) is 11.1 Å². The second-order valence-electron chi connectivity index (χ2n) is 3.32. The Morgan fingerprint density at radius 1 is 1.50 bits per heavy atom. The molecule has 2 nitrogen and oxygen atoms in total. The van der Waals surface area contributed by atoms with E-state index in [-0.39, 0.29) is 12.2 Å². The Kier molecular flexibility index (Phi) is 3.63. The molecule has 3 heteroatoms. The predicted octanol–water partition coefficient (Wildman–Crippen LogP) is 2.54. The van der Waals surface area contributed by atoms with Crippen molar-refractivity contribution in [1.82, 2.24) is 0 Å². The Morgan fingerprint density at radius 2 is 2.21 bits per heavy atom. The monoisotopic (exact) mass is 196 g/mol. The number of hydrogen-bond acceptors (Lipinski definition) is 1. The molecule has 0 atom stereocenters. The summed E-state index contributed by atoms with van der Waals surface area (Å²) in [6, 6.07) is 4.60. The van der Waals surface area contributed by atoms with Crippen LogP contribution in [-0.2, 0) is 11.2 Å². The fourth-order valence-corrected chi connectivity index (χ4v) is 1.34. The van der Waals surface area contributed by atoms with Gasteiger partial charge in [0.1, 0.15) is 5.82 Å². The first kappa shape index (κ1) is 10.7. The second kappa shape index (κ2) is 4.74. The van der Waals surface area contributed by atoms with Gasteiger partial charge in [-0.1, -0.05) is 6.07 Å². The quantitative estimate of drug-likeness (QED) is 0.803. The molecule has 1 aromatic carbocycles. The summed E-state index contributed by atoms with van der Waals surface area (Å²) in [6.45, 7) is 1.90. The molecule has 0 spiro atoms. The maximum atomic E-state index is 12.8. The van der Waals surface area contributed by atoms with Gasteiger partial charge in [-0.2, -0.15) is 0 Å². The second-order valence-corrected chi connectivity index (χ2v) is 3.32. The van der Waals surface area contributed by atoms with Gasteiger partial charge in [0, 0.05) is 6.42 Å². The lowest BCUT2D eigenvalue weighted by Crippen LogP contribution is -1.97. The highest BCUT2D eigenvalue weighted by molar-refractivity contribution is 5.66. The van der Waals surface area contributed by atoms with E-state index in [9.17, 15) is 9.18 Å². The van der Waals surface area contributed by atoms with Gasteiger partial charge in [-0.3, -0.25) is 4.79 Å². The minimum Gasteiger partial charge on any atom is -0.481 e. The lowest BCUT2D eigenvalue weighted by atomic mass is 10.0. The Morgan fingerprint density at radius 3 is 2.86 bits per heavy atom. The molecule has 0 aromatic heterocycles. The van der Waals surface area contributed by atoms with Gasteiger partial charge in [-0.15, -0.1) is 0 Å². The van der Waals surface area contributed by atoms with E-state index in [0.29, 0.717) is 12.8 Å². The van der Waals surface area contributed by atoms with Crippen molar-refractivity contribution in [2.75, 3.05) is 0 Å². The van der Waals surface area contributed by atoms with Gasteiger partial charge in [-0.25, -0.2) is 4.39 Å². The first-order valence-electron chi connectivity index (χ1n) is 4.56. The van der Waals surface area contributed by atoms with Crippen LogP contribution in [0, 0.1) is 12.7 Å². The maximum absolute atomic E-state index is 12.8. The summed E-state index contributed by atoms with van der Waals surface area (Å²) in [5.74, 6) is -1.07. The lowest BCUT2D eigenvalue weighted by molar-refractivity contribution is -0.137. The molecule has 0 saturated carbocycles. The fraction of sp³-hybridized carbons (Fsp3) is 0.364. The standard InChI is InChI=1S/C11H13FO2/c1-8-5-6-10(12)7-9(8)3-2-4-11(13)14/h5-7H,2-4H2,1H3,(H,13,14). The third kappa shape index (κ3) is 3.17. The topological polar surface area (TPSA) is 37.3 Å². The third-order valence-electron chi connectivity index (χ3n) is 2.15.